The summed E-state index contributed by atoms with van der Waals surface area (Å²) in [4.78, 5) is 18.2. The van der Waals surface area contributed by atoms with E-state index in [1.165, 1.54) is 28.8 Å². The number of nitrogens with zero attached hydrogens (tertiary/aromatic N) is 2. The molecule has 2 heterocycles. The first-order valence-corrected chi connectivity index (χ1v) is 9.98. The minimum atomic E-state index is 0.134. The first-order valence-electron chi connectivity index (χ1n) is 9.10. The molecule has 1 aliphatic carbocycles. The van der Waals surface area contributed by atoms with Gasteiger partial charge in [0.1, 0.15) is 0 Å². The van der Waals surface area contributed by atoms with Crippen LogP contribution in [0.1, 0.15) is 16.0 Å². The number of hydrogen-bond donors (Lipinski definition) is 1. The number of amides is 1. The summed E-state index contributed by atoms with van der Waals surface area (Å²) >= 11 is 1.69. The highest BCUT2D eigenvalue weighted by Crippen LogP contribution is 2.26. The van der Waals surface area contributed by atoms with E-state index in [0.717, 1.165) is 26.2 Å². The summed E-state index contributed by atoms with van der Waals surface area (Å²) in [5, 5.41) is 5.07. The quantitative estimate of drug-likeness (QED) is 0.893. The van der Waals surface area contributed by atoms with Crippen molar-refractivity contribution >= 4 is 17.2 Å². The molecule has 4 nitrogen and oxygen atoms in total. The summed E-state index contributed by atoms with van der Waals surface area (Å²) in [7, 11) is 0. The molecule has 0 unspecified atom stereocenters. The molecule has 0 bridgehead atoms. The van der Waals surface area contributed by atoms with E-state index < -0.39 is 0 Å². The fourth-order valence-corrected chi connectivity index (χ4v) is 4.58. The van der Waals surface area contributed by atoms with Gasteiger partial charge >= 0.3 is 0 Å². The normalized spacial score (nSPS) is 19.0. The molecule has 25 heavy (non-hydrogen) atoms. The number of piperazine rings is 1. The summed E-state index contributed by atoms with van der Waals surface area (Å²) < 4.78 is 0. The summed E-state index contributed by atoms with van der Waals surface area (Å²) in [6.07, 6.45) is 2.36. The maximum atomic E-state index is 12.1. The van der Waals surface area contributed by atoms with Gasteiger partial charge in [0.25, 0.3) is 0 Å². The summed E-state index contributed by atoms with van der Waals surface area (Å²) in [6.45, 7) is 5.27. The Labute approximate surface area is 153 Å². The fraction of sp³-hybridized carbons (Fsp3) is 0.450. The van der Waals surface area contributed by atoms with Crippen LogP contribution >= 0.6 is 11.3 Å². The minimum absolute atomic E-state index is 0.134. The third-order valence-corrected chi connectivity index (χ3v) is 6.24. The van der Waals surface area contributed by atoms with E-state index in [-0.39, 0.29) is 5.91 Å². The van der Waals surface area contributed by atoms with Crippen LogP contribution in [0.2, 0.25) is 0 Å². The molecule has 1 amide bonds. The van der Waals surface area contributed by atoms with Gasteiger partial charge in [-0.3, -0.25) is 14.6 Å². The Hall–Kier alpha value is -1.69. The zero-order valence-electron chi connectivity index (χ0n) is 14.5. The minimum Gasteiger partial charge on any atom is -0.350 e. The lowest BCUT2D eigenvalue weighted by molar-refractivity contribution is -0.122. The van der Waals surface area contributed by atoms with E-state index in [1.54, 1.807) is 11.3 Å². The Morgan fingerprint density at radius 1 is 1.04 bits per heavy atom. The van der Waals surface area contributed by atoms with Gasteiger partial charge in [-0.2, -0.15) is 0 Å². The average molecular weight is 356 g/mol. The third-order valence-electron chi connectivity index (χ3n) is 5.36. The van der Waals surface area contributed by atoms with Crippen LogP contribution in [0.15, 0.2) is 41.8 Å². The number of thiophene rings is 1. The van der Waals surface area contributed by atoms with Crippen LogP contribution in [0.4, 0.5) is 0 Å². The van der Waals surface area contributed by atoms with Crippen LogP contribution in [-0.4, -0.2) is 54.5 Å². The van der Waals surface area contributed by atoms with Crippen molar-refractivity contribution in [3.05, 3.63) is 57.8 Å². The molecule has 1 N–H and O–H groups in total. The molecule has 2 aliphatic rings. The highest BCUT2D eigenvalue weighted by molar-refractivity contribution is 7.09. The van der Waals surface area contributed by atoms with Gasteiger partial charge in [0.15, 0.2) is 0 Å². The van der Waals surface area contributed by atoms with Gasteiger partial charge in [-0.25, -0.2) is 0 Å². The predicted molar refractivity (Wildman–Crippen MR) is 102 cm³/mol. The van der Waals surface area contributed by atoms with E-state index in [4.69, 9.17) is 0 Å². The number of carbonyl (C=O) groups is 1. The molecule has 0 atom stereocenters. The number of benzene rings is 1. The number of carbonyl (C=O) groups excluding carboxylic acids is 1. The molecular formula is C20H25N3OS. The molecule has 1 aromatic heterocycles. The molecular weight excluding hydrogens is 330 g/mol. The Kier molecular flexibility index (Phi) is 5.15. The largest absolute Gasteiger partial charge is 0.350 e. The van der Waals surface area contributed by atoms with Gasteiger partial charge in [0, 0.05) is 37.1 Å². The second-order valence-corrected chi connectivity index (χ2v) is 8.03. The van der Waals surface area contributed by atoms with E-state index in [1.807, 2.05) is 11.4 Å². The molecule has 4 rings (SSSR count). The Bertz CT molecular complexity index is 682. The molecule has 0 radical (unpaired) electrons. The highest BCUT2D eigenvalue weighted by atomic mass is 32.1. The molecule has 0 saturated carbocycles. The van der Waals surface area contributed by atoms with Gasteiger partial charge in [-0.05, 0) is 35.4 Å². The number of fused-ring (bicyclic) bond motifs is 1. The smallest absolute Gasteiger partial charge is 0.234 e. The van der Waals surface area contributed by atoms with E-state index in [9.17, 15) is 4.79 Å². The maximum absolute atomic E-state index is 12.1. The maximum Gasteiger partial charge on any atom is 0.234 e. The van der Waals surface area contributed by atoms with Gasteiger partial charge in [-0.15, -0.1) is 11.3 Å². The molecule has 1 saturated heterocycles. The van der Waals surface area contributed by atoms with Crippen LogP contribution in [0.25, 0.3) is 0 Å². The SMILES string of the molecule is O=C(CN1CCN(C2Cc3ccccc3C2)CC1)NCc1cccs1. The fourth-order valence-electron chi connectivity index (χ4n) is 3.94. The van der Waals surface area contributed by atoms with Crippen molar-refractivity contribution in [2.24, 2.45) is 0 Å². The van der Waals surface area contributed by atoms with Gasteiger partial charge < -0.3 is 5.32 Å². The first-order chi connectivity index (χ1) is 12.3. The first kappa shape index (κ1) is 16.8. The molecule has 1 fully saturated rings. The lowest BCUT2D eigenvalue weighted by Gasteiger charge is -2.37. The molecule has 0 spiro atoms. The van der Waals surface area contributed by atoms with Gasteiger partial charge in [-0.1, -0.05) is 30.3 Å². The second kappa shape index (κ2) is 7.68. The Morgan fingerprint density at radius 2 is 1.76 bits per heavy atom. The van der Waals surface area contributed by atoms with Crippen LogP contribution in [-0.2, 0) is 24.2 Å². The lowest BCUT2D eigenvalue weighted by atomic mass is 10.1. The monoisotopic (exact) mass is 355 g/mol. The molecule has 1 aromatic carbocycles. The van der Waals surface area contributed by atoms with Crippen molar-refractivity contribution in [2.45, 2.75) is 25.4 Å². The van der Waals surface area contributed by atoms with Crippen LogP contribution < -0.4 is 5.32 Å². The molecule has 1 aliphatic heterocycles. The van der Waals surface area contributed by atoms with Crippen molar-refractivity contribution in [3.63, 3.8) is 0 Å². The van der Waals surface area contributed by atoms with Crippen LogP contribution in [0.3, 0.4) is 0 Å². The zero-order valence-corrected chi connectivity index (χ0v) is 15.3. The van der Waals surface area contributed by atoms with Crippen molar-refractivity contribution in [2.75, 3.05) is 32.7 Å². The second-order valence-electron chi connectivity index (χ2n) is 7.00. The molecule has 5 heteroatoms. The standard InChI is InChI=1S/C20H25N3OS/c24-20(21-14-19-6-3-11-25-19)15-22-7-9-23(10-8-22)18-12-16-4-1-2-5-17(16)13-18/h1-6,11,18H,7-10,12-15H2,(H,21,24). The number of nitrogens with one attached hydrogen (secondary N) is 1. The van der Waals surface area contributed by atoms with Gasteiger partial charge in [0.2, 0.25) is 5.91 Å². The lowest BCUT2D eigenvalue weighted by Crippen LogP contribution is -2.52. The van der Waals surface area contributed by atoms with Crippen LogP contribution in [0.5, 0.6) is 0 Å². The predicted octanol–water partition coefficient (Wildman–Crippen LogP) is 2.15. The van der Waals surface area contributed by atoms with Crippen LogP contribution in [0, 0.1) is 0 Å². The van der Waals surface area contributed by atoms with E-state index >= 15 is 0 Å². The summed E-state index contributed by atoms with van der Waals surface area (Å²) in [6, 6.07) is 13.6. The number of hydrogen-bond acceptors (Lipinski definition) is 4. The van der Waals surface area contributed by atoms with Gasteiger partial charge in [0.05, 0.1) is 13.1 Å². The topological polar surface area (TPSA) is 35.6 Å². The van der Waals surface area contributed by atoms with Crippen molar-refractivity contribution in [1.29, 1.82) is 0 Å². The number of rotatable bonds is 5. The summed E-state index contributed by atoms with van der Waals surface area (Å²) in [5.41, 5.74) is 3.03. The Morgan fingerprint density at radius 3 is 2.40 bits per heavy atom. The molecule has 132 valence electrons. The van der Waals surface area contributed by atoms with E-state index in [0.29, 0.717) is 19.1 Å². The third kappa shape index (κ3) is 4.11. The highest BCUT2D eigenvalue weighted by Gasteiger charge is 2.29. The average Bonchev–Trinajstić information content (AvgIpc) is 3.30. The Balaban J connectivity index is 1.20. The van der Waals surface area contributed by atoms with Crippen molar-refractivity contribution < 1.29 is 4.79 Å². The molecule has 2 aromatic rings. The van der Waals surface area contributed by atoms with Crippen molar-refractivity contribution in [3.8, 4) is 0 Å². The van der Waals surface area contributed by atoms with Crippen molar-refractivity contribution in [1.82, 2.24) is 15.1 Å². The summed E-state index contributed by atoms with van der Waals surface area (Å²) in [5.74, 6) is 0.134. The van der Waals surface area contributed by atoms with E-state index in [2.05, 4.69) is 45.4 Å². The zero-order chi connectivity index (χ0) is 17.1.